The summed E-state index contributed by atoms with van der Waals surface area (Å²) in [5.74, 6) is 1.55. The van der Waals surface area contributed by atoms with Crippen LogP contribution in [0.3, 0.4) is 0 Å². The SMILES string of the molecule is CCOC1CSC2(C1)CN(C(=O)c1oc3ccccc3c1C)C2. The summed E-state index contributed by atoms with van der Waals surface area (Å²) >= 11 is 1.96. The summed E-state index contributed by atoms with van der Waals surface area (Å²) in [5.41, 5.74) is 1.73. The molecule has 2 fully saturated rings. The zero-order chi connectivity index (χ0) is 16.0. The van der Waals surface area contributed by atoms with Crippen molar-refractivity contribution in [2.24, 2.45) is 0 Å². The molecule has 122 valence electrons. The van der Waals surface area contributed by atoms with Gasteiger partial charge in [-0.25, -0.2) is 0 Å². The lowest BCUT2D eigenvalue weighted by Crippen LogP contribution is -2.60. The molecule has 1 amide bonds. The third-order valence-electron chi connectivity index (χ3n) is 4.86. The van der Waals surface area contributed by atoms with Crippen LogP contribution in [0.5, 0.6) is 0 Å². The third kappa shape index (κ3) is 2.46. The number of amides is 1. The molecule has 1 unspecified atom stereocenters. The van der Waals surface area contributed by atoms with E-state index < -0.39 is 0 Å². The van der Waals surface area contributed by atoms with Crippen LogP contribution in [0.4, 0.5) is 0 Å². The average molecular weight is 331 g/mol. The first-order chi connectivity index (χ1) is 11.1. The second-order valence-corrected chi connectivity index (χ2v) is 7.98. The monoisotopic (exact) mass is 331 g/mol. The summed E-state index contributed by atoms with van der Waals surface area (Å²) in [6.07, 6.45) is 1.39. The van der Waals surface area contributed by atoms with Crippen LogP contribution < -0.4 is 0 Å². The van der Waals surface area contributed by atoms with Gasteiger partial charge in [0.15, 0.2) is 5.76 Å². The molecule has 2 aliphatic heterocycles. The highest BCUT2D eigenvalue weighted by atomic mass is 32.2. The van der Waals surface area contributed by atoms with Crippen molar-refractivity contribution in [2.75, 3.05) is 25.4 Å². The first-order valence-electron chi connectivity index (χ1n) is 8.15. The van der Waals surface area contributed by atoms with E-state index in [9.17, 15) is 4.79 Å². The number of hydrogen-bond acceptors (Lipinski definition) is 4. The second-order valence-electron chi connectivity index (χ2n) is 6.49. The maximum absolute atomic E-state index is 12.8. The fourth-order valence-corrected chi connectivity index (χ4v) is 5.23. The molecule has 2 aromatic rings. The minimum absolute atomic E-state index is 0.0183. The lowest BCUT2D eigenvalue weighted by atomic mass is 9.92. The Morgan fingerprint density at radius 2 is 2.22 bits per heavy atom. The first kappa shape index (κ1) is 15.1. The van der Waals surface area contributed by atoms with Crippen molar-refractivity contribution >= 4 is 28.6 Å². The number of benzene rings is 1. The Bertz CT molecular complexity index is 748. The third-order valence-corrected chi connectivity index (χ3v) is 6.44. The largest absolute Gasteiger partial charge is 0.451 e. The highest BCUT2D eigenvalue weighted by Crippen LogP contribution is 2.46. The van der Waals surface area contributed by atoms with Crippen LogP contribution in [0.1, 0.15) is 29.5 Å². The molecular formula is C18H21NO3S. The number of nitrogens with zero attached hydrogens (tertiary/aromatic N) is 1. The molecule has 0 saturated carbocycles. The lowest BCUT2D eigenvalue weighted by Gasteiger charge is -2.47. The molecule has 0 bridgehead atoms. The minimum atomic E-state index is 0.0183. The molecule has 1 aromatic heterocycles. The average Bonchev–Trinajstić information content (AvgIpc) is 3.08. The van der Waals surface area contributed by atoms with E-state index in [4.69, 9.17) is 9.15 Å². The molecule has 2 saturated heterocycles. The molecule has 3 heterocycles. The highest BCUT2D eigenvalue weighted by Gasteiger charge is 2.51. The first-order valence-corrected chi connectivity index (χ1v) is 9.13. The van der Waals surface area contributed by atoms with Gasteiger partial charge >= 0.3 is 0 Å². The van der Waals surface area contributed by atoms with Crippen LogP contribution in [0.2, 0.25) is 0 Å². The zero-order valence-corrected chi connectivity index (χ0v) is 14.3. The number of fused-ring (bicyclic) bond motifs is 1. The van der Waals surface area contributed by atoms with Gasteiger partial charge in [0.2, 0.25) is 0 Å². The van der Waals surface area contributed by atoms with E-state index in [2.05, 4.69) is 0 Å². The standard InChI is InChI=1S/C18H21NO3S/c1-3-21-13-8-18(23-9-13)10-19(11-18)17(20)16-12(2)14-6-4-5-7-15(14)22-16/h4-7,13H,3,8-11H2,1-2H3. The number of rotatable bonds is 3. The molecule has 5 heteroatoms. The second kappa shape index (κ2) is 5.56. The van der Waals surface area contributed by atoms with Gasteiger partial charge in [0, 0.05) is 36.4 Å². The van der Waals surface area contributed by atoms with E-state index in [1.54, 1.807) is 0 Å². The number of furan rings is 1. The van der Waals surface area contributed by atoms with Gasteiger partial charge in [-0.15, -0.1) is 11.8 Å². The minimum Gasteiger partial charge on any atom is -0.451 e. The van der Waals surface area contributed by atoms with Crippen LogP contribution in [-0.4, -0.2) is 47.1 Å². The van der Waals surface area contributed by atoms with Gasteiger partial charge in [0.1, 0.15) is 5.58 Å². The van der Waals surface area contributed by atoms with Gasteiger partial charge in [-0.05, 0) is 26.3 Å². The molecule has 1 aromatic carbocycles. The maximum atomic E-state index is 12.8. The molecular weight excluding hydrogens is 310 g/mol. The van der Waals surface area contributed by atoms with E-state index in [-0.39, 0.29) is 10.7 Å². The predicted octanol–water partition coefficient (Wildman–Crippen LogP) is 3.48. The van der Waals surface area contributed by atoms with Crippen molar-refractivity contribution in [1.29, 1.82) is 0 Å². The molecule has 0 aliphatic carbocycles. The molecule has 0 N–H and O–H groups in total. The van der Waals surface area contributed by atoms with Crippen molar-refractivity contribution in [3.63, 3.8) is 0 Å². The fourth-order valence-electron chi connectivity index (χ4n) is 3.68. The number of para-hydroxylation sites is 1. The van der Waals surface area contributed by atoms with Gasteiger partial charge < -0.3 is 14.1 Å². The number of carbonyl (C=O) groups is 1. The maximum Gasteiger partial charge on any atom is 0.289 e. The quantitative estimate of drug-likeness (QED) is 0.863. The molecule has 1 atom stereocenters. The Kier molecular flexibility index (Phi) is 3.65. The van der Waals surface area contributed by atoms with Crippen molar-refractivity contribution < 1.29 is 13.9 Å². The van der Waals surface area contributed by atoms with E-state index in [1.807, 2.05) is 54.8 Å². The van der Waals surface area contributed by atoms with Crippen molar-refractivity contribution in [3.05, 3.63) is 35.6 Å². The molecule has 1 spiro atoms. The van der Waals surface area contributed by atoms with Crippen LogP contribution >= 0.6 is 11.8 Å². The summed E-state index contributed by atoms with van der Waals surface area (Å²) in [7, 11) is 0. The summed E-state index contributed by atoms with van der Waals surface area (Å²) < 4.78 is 11.7. The van der Waals surface area contributed by atoms with Gasteiger partial charge in [-0.1, -0.05) is 18.2 Å². The van der Waals surface area contributed by atoms with E-state index in [1.165, 1.54) is 0 Å². The Morgan fingerprint density at radius 3 is 2.96 bits per heavy atom. The number of carbonyl (C=O) groups excluding carboxylic acids is 1. The molecule has 4 rings (SSSR count). The predicted molar refractivity (Wildman–Crippen MR) is 92.1 cm³/mol. The van der Waals surface area contributed by atoms with Crippen LogP contribution in [0, 0.1) is 6.92 Å². The van der Waals surface area contributed by atoms with Gasteiger partial charge in [0.25, 0.3) is 5.91 Å². The van der Waals surface area contributed by atoms with Crippen LogP contribution in [-0.2, 0) is 4.74 Å². The molecule has 0 radical (unpaired) electrons. The summed E-state index contributed by atoms with van der Waals surface area (Å²) in [4.78, 5) is 14.7. The molecule has 4 nitrogen and oxygen atoms in total. The number of likely N-dealkylation sites (tertiary alicyclic amines) is 1. The molecule has 23 heavy (non-hydrogen) atoms. The Hall–Kier alpha value is -1.46. The smallest absolute Gasteiger partial charge is 0.289 e. The number of ether oxygens (including phenoxy) is 1. The topological polar surface area (TPSA) is 42.7 Å². The van der Waals surface area contributed by atoms with Crippen molar-refractivity contribution in [2.45, 2.75) is 31.1 Å². The Morgan fingerprint density at radius 1 is 1.43 bits per heavy atom. The van der Waals surface area contributed by atoms with Crippen LogP contribution in [0.15, 0.2) is 28.7 Å². The van der Waals surface area contributed by atoms with Gasteiger partial charge in [-0.2, -0.15) is 0 Å². The summed E-state index contributed by atoms with van der Waals surface area (Å²) in [6, 6.07) is 7.82. The van der Waals surface area contributed by atoms with Crippen molar-refractivity contribution in [3.8, 4) is 0 Å². The van der Waals surface area contributed by atoms with Crippen LogP contribution in [0.25, 0.3) is 11.0 Å². The van der Waals surface area contributed by atoms with Crippen molar-refractivity contribution in [1.82, 2.24) is 4.90 Å². The van der Waals surface area contributed by atoms with Gasteiger partial charge in [0.05, 0.1) is 10.9 Å². The summed E-state index contributed by atoms with van der Waals surface area (Å²) in [5, 5.41) is 1.03. The number of thioether (sulfide) groups is 1. The normalized spacial score (nSPS) is 22.7. The highest BCUT2D eigenvalue weighted by molar-refractivity contribution is 8.01. The fraction of sp³-hybridized carbons (Fsp3) is 0.500. The number of hydrogen-bond donors (Lipinski definition) is 0. The van der Waals surface area contributed by atoms with Gasteiger partial charge in [-0.3, -0.25) is 4.79 Å². The zero-order valence-electron chi connectivity index (χ0n) is 13.5. The van der Waals surface area contributed by atoms with E-state index in [0.29, 0.717) is 11.9 Å². The Labute approximate surface area is 140 Å². The number of aryl methyl sites for hydroxylation is 1. The van der Waals surface area contributed by atoms with E-state index >= 15 is 0 Å². The molecule has 2 aliphatic rings. The summed E-state index contributed by atoms with van der Waals surface area (Å²) in [6.45, 7) is 6.37. The lowest BCUT2D eigenvalue weighted by molar-refractivity contribution is 0.0341. The van der Waals surface area contributed by atoms with E-state index in [0.717, 1.165) is 48.4 Å². The Balaban J connectivity index is 1.48.